The summed E-state index contributed by atoms with van der Waals surface area (Å²) in [5.41, 5.74) is 0. The molecule has 0 radical (unpaired) electrons. The lowest BCUT2D eigenvalue weighted by Crippen LogP contribution is -2.08. The van der Waals surface area contributed by atoms with E-state index in [2.05, 4.69) is 29.1 Å². The molecule has 0 spiro atoms. The van der Waals surface area contributed by atoms with Crippen LogP contribution in [-0.4, -0.2) is 36.3 Å². The molecular formula is C14H21N3O2S. The van der Waals surface area contributed by atoms with E-state index in [0.29, 0.717) is 25.6 Å². The summed E-state index contributed by atoms with van der Waals surface area (Å²) in [6.07, 6.45) is 1.03. The second-order valence-electron chi connectivity index (χ2n) is 4.32. The molecule has 0 amide bonds. The van der Waals surface area contributed by atoms with E-state index in [0.717, 1.165) is 35.6 Å². The molecule has 6 heteroatoms. The molecule has 2 heterocycles. The van der Waals surface area contributed by atoms with E-state index in [9.17, 15) is 0 Å². The van der Waals surface area contributed by atoms with Gasteiger partial charge in [-0.2, -0.15) is 0 Å². The Labute approximate surface area is 123 Å². The smallest absolute Gasteiger partial charge is 0.158 e. The van der Waals surface area contributed by atoms with Crippen LogP contribution in [0.25, 0.3) is 10.2 Å². The maximum Gasteiger partial charge on any atom is 0.158 e. The van der Waals surface area contributed by atoms with Crippen molar-refractivity contribution in [2.45, 2.75) is 26.9 Å². The van der Waals surface area contributed by atoms with E-state index in [4.69, 9.17) is 9.47 Å². The zero-order chi connectivity index (χ0) is 14.2. The van der Waals surface area contributed by atoms with E-state index in [1.54, 1.807) is 11.3 Å². The first-order chi connectivity index (χ1) is 9.85. The van der Waals surface area contributed by atoms with E-state index in [1.807, 2.05) is 11.4 Å². The predicted molar refractivity (Wildman–Crippen MR) is 82.3 cm³/mol. The summed E-state index contributed by atoms with van der Waals surface area (Å²) in [6.45, 7) is 7.38. The molecule has 0 saturated carbocycles. The van der Waals surface area contributed by atoms with Crippen molar-refractivity contribution in [2.75, 3.05) is 31.7 Å². The van der Waals surface area contributed by atoms with Crippen molar-refractivity contribution in [3.63, 3.8) is 0 Å². The Balaban J connectivity index is 1.92. The summed E-state index contributed by atoms with van der Waals surface area (Å²) in [7, 11) is 0. The Hall–Kier alpha value is -1.24. The molecule has 110 valence electrons. The van der Waals surface area contributed by atoms with Gasteiger partial charge in [-0.05, 0) is 24.8 Å². The third-order valence-corrected chi connectivity index (χ3v) is 3.47. The van der Waals surface area contributed by atoms with Crippen LogP contribution in [0.5, 0.6) is 0 Å². The van der Waals surface area contributed by atoms with Crippen LogP contribution in [0.3, 0.4) is 0 Å². The summed E-state index contributed by atoms with van der Waals surface area (Å²) >= 11 is 1.62. The fourth-order valence-electron chi connectivity index (χ4n) is 1.79. The fourth-order valence-corrected chi connectivity index (χ4v) is 2.58. The minimum absolute atomic E-state index is 0.418. The lowest BCUT2D eigenvalue weighted by molar-refractivity contribution is 0.0387. The third kappa shape index (κ3) is 4.13. The second kappa shape index (κ2) is 8.14. The van der Waals surface area contributed by atoms with Gasteiger partial charge in [-0.15, -0.1) is 11.3 Å². The Morgan fingerprint density at radius 1 is 1.15 bits per heavy atom. The Morgan fingerprint density at radius 3 is 2.80 bits per heavy atom. The minimum atomic E-state index is 0.418. The highest BCUT2D eigenvalue weighted by Crippen LogP contribution is 2.25. The van der Waals surface area contributed by atoms with Crippen molar-refractivity contribution in [3.05, 3.63) is 17.3 Å². The monoisotopic (exact) mass is 295 g/mol. The van der Waals surface area contributed by atoms with Gasteiger partial charge >= 0.3 is 0 Å². The molecule has 0 unspecified atom stereocenters. The first-order valence-electron chi connectivity index (χ1n) is 6.98. The van der Waals surface area contributed by atoms with Crippen molar-refractivity contribution in [3.8, 4) is 0 Å². The summed E-state index contributed by atoms with van der Waals surface area (Å²) in [5, 5.41) is 6.38. The molecule has 2 aromatic heterocycles. The molecular weight excluding hydrogens is 274 g/mol. The zero-order valence-corrected chi connectivity index (χ0v) is 12.8. The predicted octanol–water partition coefficient (Wildman–Crippen LogP) is 3.07. The van der Waals surface area contributed by atoms with Gasteiger partial charge in [-0.3, -0.25) is 0 Å². The van der Waals surface area contributed by atoms with Crippen LogP contribution in [-0.2, 0) is 16.1 Å². The summed E-state index contributed by atoms with van der Waals surface area (Å²) in [5.74, 6) is 1.60. The van der Waals surface area contributed by atoms with E-state index in [1.165, 1.54) is 0 Å². The van der Waals surface area contributed by atoms with Crippen molar-refractivity contribution in [1.82, 2.24) is 9.97 Å². The number of anilines is 1. The second-order valence-corrected chi connectivity index (χ2v) is 5.22. The van der Waals surface area contributed by atoms with Gasteiger partial charge in [0, 0.05) is 13.2 Å². The van der Waals surface area contributed by atoms with Crippen LogP contribution in [0.1, 0.15) is 26.1 Å². The highest BCUT2D eigenvalue weighted by atomic mass is 32.1. The van der Waals surface area contributed by atoms with E-state index >= 15 is 0 Å². The van der Waals surface area contributed by atoms with Crippen LogP contribution in [0.2, 0.25) is 0 Å². The molecule has 0 bridgehead atoms. The number of hydrogen-bond donors (Lipinski definition) is 1. The van der Waals surface area contributed by atoms with Crippen LogP contribution in [0.15, 0.2) is 11.4 Å². The highest BCUT2D eigenvalue weighted by molar-refractivity contribution is 7.16. The van der Waals surface area contributed by atoms with Gasteiger partial charge in [0.05, 0.1) is 18.6 Å². The molecule has 0 saturated heterocycles. The summed E-state index contributed by atoms with van der Waals surface area (Å²) in [4.78, 5) is 10.0. The summed E-state index contributed by atoms with van der Waals surface area (Å²) in [6, 6.07) is 2.04. The molecule has 0 atom stereocenters. The zero-order valence-electron chi connectivity index (χ0n) is 12.0. The van der Waals surface area contributed by atoms with Gasteiger partial charge in [0.15, 0.2) is 5.82 Å². The molecule has 0 aliphatic carbocycles. The molecule has 1 N–H and O–H groups in total. The number of nitrogens with one attached hydrogen (secondary N) is 1. The van der Waals surface area contributed by atoms with Crippen LogP contribution in [0.4, 0.5) is 5.82 Å². The Morgan fingerprint density at radius 2 is 2.00 bits per heavy atom. The molecule has 20 heavy (non-hydrogen) atoms. The number of hydrogen-bond acceptors (Lipinski definition) is 6. The van der Waals surface area contributed by atoms with Crippen molar-refractivity contribution < 1.29 is 9.47 Å². The summed E-state index contributed by atoms with van der Waals surface area (Å²) < 4.78 is 10.9. The fraction of sp³-hybridized carbons (Fsp3) is 0.571. The number of fused-ring (bicyclic) bond motifs is 1. The Bertz CT molecular complexity index is 530. The average Bonchev–Trinajstić information content (AvgIpc) is 2.91. The molecule has 0 aliphatic rings. The topological polar surface area (TPSA) is 56.3 Å². The first kappa shape index (κ1) is 15.2. The van der Waals surface area contributed by atoms with Gasteiger partial charge in [-0.1, -0.05) is 6.92 Å². The van der Waals surface area contributed by atoms with Crippen LogP contribution < -0.4 is 5.32 Å². The van der Waals surface area contributed by atoms with Gasteiger partial charge < -0.3 is 14.8 Å². The lowest BCUT2D eigenvalue weighted by Gasteiger charge is -2.08. The maximum atomic E-state index is 5.55. The quantitative estimate of drug-likeness (QED) is 0.721. The average molecular weight is 295 g/mol. The van der Waals surface area contributed by atoms with Gasteiger partial charge in [0.1, 0.15) is 17.3 Å². The molecule has 2 aromatic rings. The van der Waals surface area contributed by atoms with Crippen LogP contribution in [0, 0.1) is 0 Å². The van der Waals surface area contributed by atoms with Crippen molar-refractivity contribution >= 4 is 27.4 Å². The first-order valence-corrected chi connectivity index (χ1v) is 7.86. The van der Waals surface area contributed by atoms with Crippen molar-refractivity contribution in [1.29, 1.82) is 0 Å². The number of rotatable bonds is 9. The number of ether oxygens (including phenoxy) is 2. The number of thiophene rings is 1. The molecule has 0 fully saturated rings. The number of aromatic nitrogens is 2. The van der Waals surface area contributed by atoms with E-state index in [-0.39, 0.29) is 0 Å². The molecule has 5 nitrogen and oxygen atoms in total. The maximum absolute atomic E-state index is 5.55. The SMILES string of the molecule is CCCOCCOCc1nc(NCC)c2ccsc2n1. The normalized spacial score (nSPS) is 11.1. The van der Waals surface area contributed by atoms with Gasteiger partial charge in [0.25, 0.3) is 0 Å². The lowest BCUT2D eigenvalue weighted by atomic mass is 10.3. The Kier molecular flexibility index (Phi) is 6.17. The van der Waals surface area contributed by atoms with Gasteiger partial charge in [0.2, 0.25) is 0 Å². The molecule has 0 aromatic carbocycles. The van der Waals surface area contributed by atoms with Crippen LogP contribution >= 0.6 is 11.3 Å². The van der Waals surface area contributed by atoms with Gasteiger partial charge in [-0.25, -0.2) is 9.97 Å². The molecule has 2 rings (SSSR count). The van der Waals surface area contributed by atoms with E-state index < -0.39 is 0 Å². The number of nitrogens with zero attached hydrogens (tertiary/aromatic N) is 2. The van der Waals surface area contributed by atoms with Crippen molar-refractivity contribution in [2.24, 2.45) is 0 Å². The standard InChI is InChI=1S/C14H21N3O2S/c1-3-6-18-7-8-19-10-12-16-13(15-4-2)11-5-9-20-14(11)17-12/h5,9H,3-4,6-8,10H2,1-2H3,(H,15,16,17). The minimum Gasteiger partial charge on any atom is -0.379 e. The largest absolute Gasteiger partial charge is 0.379 e. The molecule has 0 aliphatic heterocycles. The third-order valence-electron chi connectivity index (χ3n) is 2.67. The highest BCUT2D eigenvalue weighted by Gasteiger charge is 2.08.